The summed E-state index contributed by atoms with van der Waals surface area (Å²) in [4.78, 5) is 50.3. The molecule has 37 heavy (non-hydrogen) atoms. The van der Waals surface area contributed by atoms with Gasteiger partial charge in [0.15, 0.2) is 0 Å². The van der Waals surface area contributed by atoms with E-state index in [-0.39, 0.29) is 29.7 Å². The highest BCUT2D eigenvalue weighted by atomic mass is 19.4. The fourth-order valence-corrected chi connectivity index (χ4v) is 4.72. The number of carbonyl (C=O) groups is 4. The van der Waals surface area contributed by atoms with Crippen LogP contribution in [0.3, 0.4) is 0 Å². The van der Waals surface area contributed by atoms with E-state index in [1.165, 1.54) is 20.8 Å². The fraction of sp³-hybridized carbons (Fsp3) is 0.800. The minimum atomic E-state index is -5.17. The Morgan fingerprint density at radius 1 is 1.05 bits per heavy atom. The largest absolute Gasteiger partial charge is 0.471 e. The first-order valence-electron chi connectivity index (χ1n) is 12.7. The molecule has 0 unspecified atom stereocenters. The second kappa shape index (κ2) is 10.1. The zero-order valence-electron chi connectivity index (χ0n) is 21.7. The Morgan fingerprint density at radius 3 is 2.14 bits per heavy atom. The molecule has 1 heterocycles. The molecule has 1 spiro atoms. The van der Waals surface area contributed by atoms with Crippen LogP contribution in [-0.4, -0.2) is 53.5 Å². The third-order valence-corrected chi connectivity index (χ3v) is 7.67. The minimum Gasteiger partial charge on any atom is -0.350 e. The highest BCUT2D eigenvalue weighted by Crippen LogP contribution is 2.49. The molecule has 0 aromatic carbocycles. The van der Waals surface area contributed by atoms with Crippen molar-refractivity contribution in [3.8, 4) is 6.07 Å². The molecule has 4 N–H and O–H groups in total. The van der Waals surface area contributed by atoms with E-state index in [2.05, 4.69) is 16.0 Å². The van der Waals surface area contributed by atoms with Crippen LogP contribution in [0.1, 0.15) is 79.1 Å². The Labute approximate surface area is 214 Å². The van der Waals surface area contributed by atoms with E-state index in [1.807, 2.05) is 13.0 Å². The second-order valence-electron chi connectivity index (χ2n) is 12.3. The van der Waals surface area contributed by atoms with Gasteiger partial charge in [0.25, 0.3) is 0 Å². The molecule has 3 fully saturated rings. The highest BCUT2D eigenvalue weighted by molar-refractivity contribution is 5.93. The van der Waals surface area contributed by atoms with Crippen LogP contribution >= 0.6 is 0 Å². The van der Waals surface area contributed by atoms with Crippen molar-refractivity contribution in [2.24, 2.45) is 16.7 Å². The molecule has 0 aromatic heterocycles. The third-order valence-electron chi connectivity index (χ3n) is 7.67. The van der Waals surface area contributed by atoms with Crippen molar-refractivity contribution < 1.29 is 32.3 Å². The molecule has 2 saturated carbocycles. The number of hydrogen-bond donors (Lipinski definition) is 4. The van der Waals surface area contributed by atoms with Crippen LogP contribution in [0.25, 0.3) is 0 Å². The molecular weight excluding hydrogens is 491 g/mol. The van der Waals surface area contributed by atoms with Crippen LogP contribution in [0.4, 0.5) is 13.2 Å². The maximum atomic E-state index is 13.2. The van der Waals surface area contributed by atoms with Crippen molar-refractivity contribution in [1.82, 2.24) is 21.3 Å². The summed E-state index contributed by atoms with van der Waals surface area (Å²) >= 11 is 0. The smallest absolute Gasteiger partial charge is 0.350 e. The zero-order valence-corrected chi connectivity index (χ0v) is 21.7. The number of hydrogen-bond acceptors (Lipinski definition) is 5. The number of nitriles is 1. The lowest BCUT2D eigenvalue weighted by Crippen LogP contribution is -2.60. The monoisotopic (exact) mass is 527 g/mol. The first kappa shape index (κ1) is 28.7. The lowest BCUT2D eigenvalue weighted by Gasteiger charge is -2.33. The zero-order chi connectivity index (χ0) is 27.8. The normalized spacial score (nSPS) is 24.1. The van der Waals surface area contributed by atoms with Crippen molar-refractivity contribution in [3.63, 3.8) is 0 Å². The fourth-order valence-electron chi connectivity index (χ4n) is 4.72. The van der Waals surface area contributed by atoms with Crippen molar-refractivity contribution in [2.45, 2.75) is 109 Å². The van der Waals surface area contributed by atoms with E-state index in [0.29, 0.717) is 6.42 Å². The predicted molar refractivity (Wildman–Crippen MR) is 126 cm³/mol. The number of carbonyl (C=O) groups excluding carboxylic acids is 4. The Bertz CT molecular complexity index is 976. The minimum absolute atomic E-state index is 0.0980. The number of piperidine rings is 1. The Hall–Kier alpha value is -2.84. The van der Waals surface area contributed by atoms with Crippen molar-refractivity contribution in [1.29, 1.82) is 5.26 Å². The lowest BCUT2D eigenvalue weighted by molar-refractivity contribution is -0.175. The van der Waals surface area contributed by atoms with Crippen LogP contribution in [0.15, 0.2) is 0 Å². The Morgan fingerprint density at radius 2 is 1.68 bits per heavy atom. The van der Waals surface area contributed by atoms with Gasteiger partial charge < -0.3 is 21.3 Å². The molecule has 3 rings (SSSR count). The van der Waals surface area contributed by atoms with Gasteiger partial charge in [0.05, 0.1) is 6.07 Å². The number of rotatable bonds is 9. The van der Waals surface area contributed by atoms with E-state index in [1.54, 1.807) is 5.32 Å². The molecule has 0 aromatic rings. The lowest BCUT2D eigenvalue weighted by atomic mass is 9.85. The summed E-state index contributed by atoms with van der Waals surface area (Å²) in [7, 11) is 0. The number of halogens is 3. The topological polar surface area (TPSA) is 140 Å². The average Bonchev–Trinajstić information content (AvgIpc) is 3.70. The molecule has 0 radical (unpaired) electrons. The summed E-state index contributed by atoms with van der Waals surface area (Å²) < 4.78 is 38.6. The van der Waals surface area contributed by atoms with Gasteiger partial charge in [-0.05, 0) is 62.2 Å². The summed E-state index contributed by atoms with van der Waals surface area (Å²) in [6.07, 6.45) is 0.124. The van der Waals surface area contributed by atoms with Gasteiger partial charge in [0, 0.05) is 11.5 Å². The third kappa shape index (κ3) is 7.58. The molecule has 2 aliphatic carbocycles. The van der Waals surface area contributed by atoms with Crippen LogP contribution < -0.4 is 21.3 Å². The number of alkyl halides is 3. The average molecular weight is 528 g/mol. The standard InChI is InChI=1S/C25H36F3N5O4/c1-22(2,3)17(32-21(37)25(26,27)28)20(36)31-16(12-23(4)7-8-23)19(35)30-15(13-29)11-14-5-6-24(9-10-24)33-18(14)34/h14-17H,5-12H2,1-4H3,(H,30,35)(H,31,36)(H,32,37)(H,33,34)/t14-,15-,16-,17+/m0/s1. The summed E-state index contributed by atoms with van der Waals surface area (Å²) in [5.41, 5.74) is -1.41. The van der Waals surface area contributed by atoms with Crippen LogP contribution in [0, 0.1) is 28.1 Å². The van der Waals surface area contributed by atoms with Crippen LogP contribution in [0.5, 0.6) is 0 Å². The van der Waals surface area contributed by atoms with Gasteiger partial charge in [-0.15, -0.1) is 0 Å². The molecule has 9 nitrogen and oxygen atoms in total. The van der Waals surface area contributed by atoms with E-state index in [4.69, 9.17) is 0 Å². The van der Waals surface area contributed by atoms with Crippen molar-refractivity contribution in [2.75, 3.05) is 0 Å². The number of nitrogens with zero attached hydrogens (tertiary/aromatic N) is 1. The van der Waals surface area contributed by atoms with E-state index < -0.39 is 53.4 Å². The van der Waals surface area contributed by atoms with Gasteiger partial charge >= 0.3 is 12.1 Å². The van der Waals surface area contributed by atoms with Crippen molar-refractivity contribution >= 4 is 23.6 Å². The number of amides is 4. The van der Waals surface area contributed by atoms with Crippen LogP contribution in [-0.2, 0) is 19.2 Å². The molecule has 0 bridgehead atoms. The SMILES string of the molecule is CC1(C[C@H](NC(=O)[C@@H](NC(=O)C(F)(F)F)C(C)(C)C)C(=O)N[C@H](C#N)C[C@@H]2CCC3(CC3)NC2=O)CC1. The highest BCUT2D eigenvalue weighted by Gasteiger charge is 2.49. The maximum absolute atomic E-state index is 13.2. The van der Waals surface area contributed by atoms with Gasteiger partial charge in [-0.3, -0.25) is 19.2 Å². The van der Waals surface area contributed by atoms with Gasteiger partial charge in [0.2, 0.25) is 17.7 Å². The van der Waals surface area contributed by atoms with Gasteiger partial charge in [-0.2, -0.15) is 18.4 Å². The Balaban J connectivity index is 1.68. The molecule has 1 saturated heterocycles. The maximum Gasteiger partial charge on any atom is 0.471 e. The summed E-state index contributed by atoms with van der Waals surface area (Å²) in [6, 6.07) is -1.66. The first-order valence-corrected chi connectivity index (χ1v) is 12.7. The van der Waals surface area contributed by atoms with E-state index in [0.717, 1.165) is 32.1 Å². The Kier molecular flexibility index (Phi) is 7.87. The predicted octanol–water partition coefficient (Wildman–Crippen LogP) is 2.21. The molecule has 12 heteroatoms. The van der Waals surface area contributed by atoms with Gasteiger partial charge in [0.1, 0.15) is 18.1 Å². The number of nitrogens with one attached hydrogen (secondary N) is 4. The quantitative estimate of drug-likeness (QED) is 0.364. The van der Waals surface area contributed by atoms with Crippen molar-refractivity contribution in [3.05, 3.63) is 0 Å². The molecule has 4 amide bonds. The second-order valence-corrected chi connectivity index (χ2v) is 12.3. The van der Waals surface area contributed by atoms with Gasteiger partial charge in [-0.25, -0.2) is 0 Å². The van der Waals surface area contributed by atoms with E-state index >= 15 is 0 Å². The van der Waals surface area contributed by atoms with Crippen LogP contribution in [0.2, 0.25) is 0 Å². The first-order chi connectivity index (χ1) is 17.0. The van der Waals surface area contributed by atoms with E-state index in [9.17, 15) is 37.6 Å². The molecular formula is C25H36F3N5O4. The summed E-state index contributed by atoms with van der Waals surface area (Å²) in [5.74, 6) is -4.39. The van der Waals surface area contributed by atoms with Gasteiger partial charge in [-0.1, -0.05) is 27.7 Å². The molecule has 3 aliphatic rings. The summed E-state index contributed by atoms with van der Waals surface area (Å²) in [6.45, 7) is 6.42. The molecule has 1 aliphatic heterocycles. The molecule has 206 valence electrons. The summed E-state index contributed by atoms with van der Waals surface area (Å²) in [5, 5.41) is 19.5. The molecule has 4 atom stereocenters.